The van der Waals surface area contributed by atoms with Crippen molar-refractivity contribution in [2.45, 2.75) is 31.7 Å². The van der Waals surface area contributed by atoms with Gasteiger partial charge in [0.25, 0.3) is 5.91 Å². The first-order valence-electron chi connectivity index (χ1n) is 9.09. The molecule has 1 amide bonds. The fourth-order valence-electron chi connectivity index (χ4n) is 2.81. The van der Waals surface area contributed by atoms with Crippen molar-refractivity contribution in [1.82, 2.24) is 14.2 Å². The molecule has 1 aromatic heterocycles. The maximum atomic E-state index is 12.9. The van der Waals surface area contributed by atoms with Crippen LogP contribution in [0.25, 0.3) is 0 Å². The minimum Gasteiger partial charge on any atom is -0.333 e. The van der Waals surface area contributed by atoms with E-state index in [9.17, 15) is 13.2 Å². The summed E-state index contributed by atoms with van der Waals surface area (Å²) in [6.45, 7) is 4.94. The zero-order valence-corrected chi connectivity index (χ0v) is 16.9. The molecule has 0 saturated carbocycles. The highest BCUT2D eigenvalue weighted by molar-refractivity contribution is 7.89. The molecular weight excluding hydrogens is 376 g/mol. The van der Waals surface area contributed by atoms with Crippen LogP contribution in [0, 0.1) is 11.3 Å². The van der Waals surface area contributed by atoms with Crippen LogP contribution in [0.15, 0.2) is 53.7 Å². The Morgan fingerprint density at radius 2 is 1.82 bits per heavy atom. The number of carbonyl (C=O) groups excluding carboxylic acids is 1. The molecule has 0 bridgehead atoms. The molecule has 8 heteroatoms. The van der Waals surface area contributed by atoms with Gasteiger partial charge in [-0.2, -0.15) is 9.57 Å². The van der Waals surface area contributed by atoms with Crippen molar-refractivity contribution in [3.05, 3.63) is 59.9 Å². The van der Waals surface area contributed by atoms with Crippen LogP contribution in [-0.2, 0) is 16.6 Å². The summed E-state index contributed by atoms with van der Waals surface area (Å²) in [5, 5.41) is 8.89. The number of nitrogens with zero attached hydrogens (tertiary/aromatic N) is 4. The lowest BCUT2D eigenvalue weighted by Gasteiger charge is -2.22. The largest absolute Gasteiger partial charge is 0.333 e. The first kappa shape index (κ1) is 21.5. The molecule has 7 nitrogen and oxygen atoms in total. The van der Waals surface area contributed by atoms with E-state index in [4.69, 9.17) is 5.26 Å². The molecule has 28 heavy (non-hydrogen) atoms. The maximum Gasteiger partial charge on any atom is 0.254 e. The van der Waals surface area contributed by atoms with Crippen molar-refractivity contribution in [3.8, 4) is 6.07 Å². The summed E-state index contributed by atoms with van der Waals surface area (Å²) in [5.41, 5.74) is 1.23. The van der Waals surface area contributed by atoms with Crippen LogP contribution in [0.5, 0.6) is 0 Å². The Labute approximate surface area is 166 Å². The van der Waals surface area contributed by atoms with Gasteiger partial charge in [-0.3, -0.25) is 9.78 Å². The van der Waals surface area contributed by atoms with Gasteiger partial charge in [0.2, 0.25) is 10.0 Å². The number of hydrogen-bond acceptors (Lipinski definition) is 5. The first-order valence-corrected chi connectivity index (χ1v) is 10.5. The zero-order valence-electron chi connectivity index (χ0n) is 16.1. The summed E-state index contributed by atoms with van der Waals surface area (Å²) < 4.78 is 26.5. The predicted octanol–water partition coefficient (Wildman–Crippen LogP) is 2.67. The summed E-state index contributed by atoms with van der Waals surface area (Å²) in [5.74, 6) is -0.258. The number of pyridine rings is 1. The number of hydrogen-bond donors (Lipinski definition) is 0. The standard InChI is InChI=1S/C20H24N4O3S/c1-3-24(4-2)28(26,27)19-10-8-18(9-11-19)20(25)23(14-6-12-21)16-17-7-5-13-22-15-17/h5,7-11,13,15H,3-4,6,14,16H2,1-2H3. The highest BCUT2D eigenvalue weighted by Gasteiger charge is 2.22. The molecule has 0 aliphatic carbocycles. The van der Waals surface area contributed by atoms with Gasteiger partial charge in [-0.15, -0.1) is 0 Å². The lowest BCUT2D eigenvalue weighted by Crippen LogP contribution is -2.32. The van der Waals surface area contributed by atoms with Gasteiger partial charge in [-0.05, 0) is 35.9 Å². The van der Waals surface area contributed by atoms with E-state index in [0.717, 1.165) is 5.56 Å². The Morgan fingerprint density at radius 1 is 1.14 bits per heavy atom. The molecule has 0 unspecified atom stereocenters. The first-order chi connectivity index (χ1) is 13.4. The van der Waals surface area contributed by atoms with E-state index in [1.165, 1.54) is 28.6 Å². The molecule has 0 N–H and O–H groups in total. The van der Waals surface area contributed by atoms with Crippen LogP contribution >= 0.6 is 0 Å². The Morgan fingerprint density at radius 3 is 2.36 bits per heavy atom. The summed E-state index contributed by atoms with van der Waals surface area (Å²) in [6, 6.07) is 11.6. The van der Waals surface area contributed by atoms with E-state index in [1.807, 2.05) is 6.07 Å². The van der Waals surface area contributed by atoms with E-state index in [-0.39, 0.29) is 23.8 Å². The van der Waals surface area contributed by atoms with Gasteiger partial charge in [0.1, 0.15) is 0 Å². The van der Waals surface area contributed by atoms with Crippen LogP contribution in [0.1, 0.15) is 36.2 Å². The molecule has 0 radical (unpaired) electrons. The third-order valence-corrected chi connectivity index (χ3v) is 6.39. The van der Waals surface area contributed by atoms with Crippen molar-refractivity contribution in [1.29, 1.82) is 5.26 Å². The van der Waals surface area contributed by atoms with Gasteiger partial charge in [-0.1, -0.05) is 19.9 Å². The molecule has 0 saturated heterocycles. The molecular formula is C20H24N4O3S. The number of carbonyl (C=O) groups is 1. The minimum absolute atomic E-state index is 0.156. The topological polar surface area (TPSA) is 94.4 Å². The van der Waals surface area contributed by atoms with Crippen LogP contribution in [0.3, 0.4) is 0 Å². The van der Waals surface area contributed by atoms with Gasteiger partial charge in [0.05, 0.1) is 17.4 Å². The fraction of sp³-hybridized carbons (Fsp3) is 0.350. The molecule has 0 fully saturated rings. The Bertz CT molecular complexity index is 918. The van der Waals surface area contributed by atoms with Crippen molar-refractivity contribution in [2.24, 2.45) is 0 Å². The van der Waals surface area contributed by atoms with Crippen LogP contribution in [0.2, 0.25) is 0 Å². The van der Waals surface area contributed by atoms with E-state index >= 15 is 0 Å². The summed E-state index contributed by atoms with van der Waals surface area (Å²) in [7, 11) is -3.57. The van der Waals surface area contributed by atoms with E-state index in [1.54, 1.807) is 37.2 Å². The number of aromatic nitrogens is 1. The summed E-state index contributed by atoms with van der Waals surface area (Å²) in [6.07, 6.45) is 3.53. The van der Waals surface area contributed by atoms with Crippen molar-refractivity contribution >= 4 is 15.9 Å². The molecule has 0 aliphatic rings. The van der Waals surface area contributed by atoms with Crippen LogP contribution in [-0.4, -0.2) is 48.1 Å². The number of nitriles is 1. The van der Waals surface area contributed by atoms with E-state index in [0.29, 0.717) is 25.2 Å². The normalized spacial score (nSPS) is 11.2. The molecule has 148 valence electrons. The lowest BCUT2D eigenvalue weighted by atomic mass is 10.1. The maximum absolute atomic E-state index is 12.9. The Balaban J connectivity index is 2.24. The summed E-state index contributed by atoms with van der Waals surface area (Å²) >= 11 is 0. The highest BCUT2D eigenvalue weighted by atomic mass is 32.2. The Hall–Kier alpha value is -2.76. The zero-order chi connectivity index (χ0) is 20.6. The fourth-order valence-corrected chi connectivity index (χ4v) is 4.27. The molecule has 0 atom stereocenters. The second-order valence-corrected chi connectivity index (χ2v) is 8.05. The summed E-state index contributed by atoms with van der Waals surface area (Å²) in [4.78, 5) is 18.7. The van der Waals surface area contributed by atoms with Crippen LogP contribution in [0.4, 0.5) is 0 Å². The number of sulfonamides is 1. The second-order valence-electron chi connectivity index (χ2n) is 6.11. The average Bonchev–Trinajstić information content (AvgIpc) is 2.72. The molecule has 0 spiro atoms. The molecule has 1 aromatic carbocycles. The Kier molecular flexibility index (Phi) is 7.67. The smallest absolute Gasteiger partial charge is 0.254 e. The minimum atomic E-state index is -3.57. The monoisotopic (exact) mass is 400 g/mol. The predicted molar refractivity (Wildman–Crippen MR) is 106 cm³/mol. The van der Waals surface area contributed by atoms with Gasteiger partial charge in [0, 0.05) is 44.1 Å². The average molecular weight is 401 g/mol. The van der Waals surface area contributed by atoms with Gasteiger partial charge >= 0.3 is 0 Å². The molecule has 2 aromatic rings. The van der Waals surface area contributed by atoms with E-state index < -0.39 is 10.0 Å². The van der Waals surface area contributed by atoms with Crippen molar-refractivity contribution in [3.63, 3.8) is 0 Å². The van der Waals surface area contributed by atoms with Gasteiger partial charge < -0.3 is 4.90 Å². The SMILES string of the molecule is CCN(CC)S(=O)(=O)c1ccc(C(=O)N(CCC#N)Cc2cccnc2)cc1. The highest BCUT2D eigenvalue weighted by Crippen LogP contribution is 2.18. The molecule has 2 rings (SSSR count). The van der Waals surface area contributed by atoms with Crippen molar-refractivity contribution < 1.29 is 13.2 Å². The van der Waals surface area contributed by atoms with Crippen LogP contribution < -0.4 is 0 Å². The number of amides is 1. The van der Waals surface area contributed by atoms with E-state index in [2.05, 4.69) is 11.1 Å². The quantitative estimate of drug-likeness (QED) is 0.645. The van der Waals surface area contributed by atoms with Gasteiger partial charge in [0.15, 0.2) is 0 Å². The third kappa shape index (κ3) is 5.15. The molecule has 1 heterocycles. The van der Waals surface area contributed by atoms with Gasteiger partial charge in [-0.25, -0.2) is 8.42 Å². The second kappa shape index (κ2) is 9.97. The molecule has 0 aliphatic heterocycles. The number of rotatable bonds is 9. The third-order valence-electron chi connectivity index (χ3n) is 4.32. The van der Waals surface area contributed by atoms with Crippen molar-refractivity contribution in [2.75, 3.05) is 19.6 Å². The number of benzene rings is 1. The lowest BCUT2D eigenvalue weighted by molar-refractivity contribution is 0.0746.